The summed E-state index contributed by atoms with van der Waals surface area (Å²) in [6.07, 6.45) is 0. The number of nitriles is 1. The van der Waals surface area contributed by atoms with Crippen LogP contribution in [0.5, 0.6) is 5.75 Å². The van der Waals surface area contributed by atoms with Crippen molar-refractivity contribution in [1.29, 1.82) is 5.26 Å². The molecule has 0 aliphatic carbocycles. The molecule has 3 aromatic rings. The molecule has 2 N–H and O–H groups in total. The Morgan fingerprint density at radius 1 is 1.20 bits per heavy atom. The average Bonchev–Trinajstić information content (AvgIpc) is 2.95. The first-order valence-corrected chi connectivity index (χ1v) is 8.20. The van der Waals surface area contributed by atoms with E-state index in [9.17, 15) is 10.1 Å². The highest BCUT2D eigenvalue weighted by Gasteiger charge is 2.21. The van der Waals surface area contributed by atoms with Crippen molar-refractivity contribution in [2.75, 3.05) is 6.61 Å². The number of ether oxygens (including phenoxy) is 1. The summed E-state index contributed by atoms with van der Waals surface area (Å²) in [6, 6.07) is 15.2. The van der Waals surface area contributed by atoms with E-state index < -0.39 is 5.91 Å². The van der Waals surface area contributed by atoms with Crippen molar-refractivity contribution in [1.82, 2.24) is 4.57 Å². The minimum absolute atomic E-state index is 0.369. The summed E-state index contributed by atoms with van der Waals surface area (Å²) in [5.74, 6) is 0.246. The van der Waals surface area contributed by atoms with Crippen LogP contribution in [0.15, 0.2) is 42.5 Å². The number of carbonyl (C=O) groups excluding carboxylic acids is 1. The zero-order chi connectivity index (χ0) is 18.0. The van der Waals surface area contributed by atoms with Gasteiger partial charge in [0.15, 0.2) is 0 Å². The lowest BCUT2D eigenvalue weighted by Crippen LogP contribution is -2.11. The standard InChI is InChI=1S/C20H19N3O2/c1-3-23-17-7-5-6-15(20(22)24)18(17)16(12-21)19(23)13-8-10-14(11-9-13)25-4-2/h5-11H,3-4H2,1-2H3,(H2,22,24). The third kappa shape index (κ3) is 2.72. The maximum absolute atomic E-state index is 11.8. The van der Waals surface area contributed by atoms with Crippen molar-refractivity contribution < 1.29 is 9.53 Å². The number of hydrogen-bond acceptors (Lipinski definition) is 3. The van der Waals surface area contributed by atoms with E-state index in [1.807, 2.05) is 48.7 Å². The smallest absolute Gasteiger partial charge is 0.249 e. The first kappa shape index (κ1) is 16.6. The summed E-state index contributed by atoms with van der Waals surface area (Å²) in [5.41, 5.74) is 8.88. The van der Waals surface area contributed by atoms with Gasteiger partial charge in [-0.1, -0.05) is 6.07 Å². The van der Waals surface area contributed by atoms with E-state index in [4.69, 9.17) is 10.5 Å². The van der Waals surface area contributed by atoms with Crippen LogP contribution in [0.25, 0.3) is 22.2 Å². The van der Waals surface area contributed by atoms with Gasteiger partial charge in [0.05, 0.1) is 23.4 Å². The lowest BCUT2D eigenvalue weighted by atomic mass is 10.0. The number of nitrogens with zero attached hydrogens (tertiary/aromatic N) is 2. The van der Waals surface area contributed by atoms with Gasteiger partial charge in [-0.3, -0.25) is 4.79 Å². The van der Waals surface area contributed by atoms with E-state index >= 15 is 0 Å². The molecule has 1 amide bonds. The topological polar surface area (TPSA) is 81.0 Å². The number of fused-ring (bicyclic) bond motifs is 1. The fourth-order valence-electron chi connectivity index (χ4n) is 3.22. The van der Waals surface area contributed by atoms with Gasteiger partial charge in [-0.15, -0.1) is 0 Å². The van der Waals surface area contributed by atoms with E-state index in [0.29, 0.717) is 29.7 Å². The number of aryl methyl sites for hydroxylation is 1. The van der Waals surface area contributed by atoms with Crippen LogP contribution >= 0.6 is 0 Å². The third-order valence-electron chi connectivity index (χ3n) is 4.22. The predicted octanol–water partition coefficient (Wildman–Crippen LogP) is 3.70. The largest absolute Gasteiger partial charge is 0.494 e. The summed E-state index contributed by atoms with van der Waals surface area (Å²) in [4.78, 5) is 11.8. The Morgan fingerprint density at radius 3 is 2.48 bits per heavy atom. The molecule has 5 heteroatoms. The normalized spacial score (nSPS) is 10.6. The second-order valence-electron chi connectivity index (χ2n) is 5.60. The fourth-order valence-corrected chi connectivity index (χ4v) is 3.22. The molecule has 0 saturated carbocycles. The van der Waals surface area contributed by atoms with Gasteiger partial charge in [-0.05, 0) is 55.8 Å². The van der Waals surface area contributed by atoms with Crippen LogP contribution in [-0.2, 0) is 6.54 Å². The van der Waals surface area contributed by atoms with Crippen molar-refractivity contribution in [3.8, 4) is 23.1 Å². The number of aromatic nitrogens is 1. The monoisotopic (exact) mass is 333 g/mol. The lowest BCUT2D eigenvalue weighted by Gasteiger charge is -2.10. The summed E-state index contributed by atoms with van der Waals surface area (Å²) < 4.78 is 7.52. The molecule has 0 saturated heterocycles. The maximum atomic E-state index is 11.8. The predicted molar refractivity (Wildman–Crippen MR) is 97.4 cm³/mol. The number of carbonyl (C=O) groups is 1. The van der Waals surface area contributed by atoms with Gasteiger partial charge >= 0.3 is 0 Å². The average molecular weight is 333 g/mol. The Balaban J connectivity index is 2.33. The van der Waals surface area contributed by atoms with Crippen LogP contribution in [0.2, 0.25) is 0 Å². The molecule has 1 heterocycles. The molecule has 3 rings (SSSR count). The molecule has 1 aromatic heterocycles. The number of hydrogen-bond donors (Lipinski definition) is 1. The Labute approximate surface area is 146 Å². The second kappa shape index (κ2) is 6.70. The lowest BCUT2D eigenvalue weighted by molar-refractivity contribution is 0.100. The van der Waals surface area contributed by atoms with Gasteiger partial charge in [0.2, 0.25) is 5.91 Å². The Morgan fingerprint density at radius 2 is 1.92 bits per heavy atom. The Bertz CT molecular complexity index is 979. The molecule has 0 aliphatic heterocycles. The third-order valence-corrected chi connectivity index (χ3v) is 4.22. The number of nitrogens with two attached hydrogens (primary N) is 1. The zero-order valence-corrected chi connectivity index (χ0v) is 14.2. The molecule has 0 unspecified atom stereocenters. The van der Waals surface area contributed by atoms with E-state index in [1.54, 1.807) is 12.1 Å². The van der Waals surface area contributed by atoms with Crippen LogP contribution < -0.4 is 10.5 Å². The quantitative estimate of drug-likeness (QED) is 0.773. The Hall–Kier alpha value is -3.26. The minimum Gasteiger partial charge on any atom is -0.494 e. The maximum Gasteiger partial charge on any atom is 0.249 e. The highest BCUT2D eigenvalue weighted by atomic mass is 16.5. The zero-order valence-electron chi connectivity index (χ0n) is 14.2. The SMILES string of the molecule is CCOc1ccc(-c2c(C#N)c3c(C(N)=O)cccc3n2CC)cc1. The van der Waals surface area contributed by atoms with Crippen LogP contribution in [0.4, 0.5) is 0 Å². The van der Waals surface area contributed by atoms with Gasteiger partial charge < -0.3 is 15.0 Å². The second-order valence-corrected chi connectivity index (χ2v) is 5.60. The van der Waals surface area contributed by atoms with Gasteiger partial charge in [0.1, 0.15) is 11.8 Å². The van der Waals surface area contributed by atoms with Gasteiger partial charge in [-0.25, -0.2) is 0 Å². The van der Waals surface area contributed by atoms with Crippen molar-refractivity contribution in [2.45, 2.75) is 20.4 Å². The van der Waals surface area contributed by atoms with Gasteiger partial charge in [-0.2, -0.15) is 5.26 Å². The first-order chi connectivity index (χ1) is 12.1. The molecule has 2 aromatic carbocycles. The fraction of sp³-hybridized carbons (Fsp3) is 0.200. The summed E-state index contributed by atoms with van der Waals surface area (Å²) in [6.45, 7) is 5.21. The molecule has 25 heavy (non-hydrogen) atoms. The molecular weight excluding hydrogens is 314 g/mol. The van der Waals surface area contributed by atoms with Crippen molar-refractivity contribution in [2.24, 2.45) is 5.73 Å². The van der Waals surface area contributed by atoms with Crippen molar-refractivity contribution in [3.05, 3.63) is 53.6 Å². The van der Waals surface area contributed by atoms with Crippen LogP contribution in [0, 0.1) is 11.3 Å². The molecule has 0 spiro atoms. The highest BCUT2D eigenvalue weighted by Crippen LogP contribution is 2.35. The molecule has 0 bridgehead atoms. The number of amides is 1. The molecular formula is C20H19N3O2. The molecule has 126 valence electrons. The highest BCUT2D eigenvalue weighted by molar-refractivity contribution is 6.10. The van der Waals surface area contributed by atoms with Crippen molar-refractivity contribution in [3.63, 3.8) is 0 Å². The molecule has 5 nitrogen and oxygen atoms in total. The molecule has 0 fully saturated rings. The molecule has 0 aliphatic rings. The van der Waals surface area contributed by atoms with Crippen LogP contribution in [0.3, 0.4) is 0 Å². The van der Waals surface area contributed by atoms with E-state index in [0.717, 1.165) is 22.5 Å². The van der Waals surface area contributed by atoms with E-state index in [1.165, 1.54) is 0 Å². The van der Waals surface area contributed by atoms with Crippen LogP contribution in [-0.4, -0.2) is 17.1 Å². The van der Waals surface area contributed by atoms with Gasteiger partial charge in [0, 0.05) is 17.5 Å². The van der Waals surface area contributed by atoms with E-state index in [-0.39, 0.29) is 0 Å². The summed E-state index contributed by atoms with van der Waals surface area (Å²) in [5, 5.41) is 10.4. The summed E-state index contributed by atoms with van der Waals surface area (Å²) in [7, 11) is 0. The van der Waals surface area contributed by atoms with E-state index in [2.05, 4.69) is 6.07 Å². The van der Waals surface area contributed by atoms with Crippen LogP contribution in [0.1, 0.15) is 29.8 Å². The number of primary amides is 1. The minimum atomic E-state index is -0.534. The molecule has 0 radical (unpaired) electrons. The van der Waals surface area contributed by atoms with Crippen molar-refractivity contribution >= 4 is 16.8 Å². The van der Waals surface area contributed by atoms with Gasteiger partial charge in [0.25, 0.3) is 0 Å². The first-order valence-electron chi connectivity index (χ1n) is 8.20. The number of benzene rings is 2. The number of rotatable bonds is 5. The summed E-state index contributed by atoms with van der Waals surface area (Å²) >= 11 is 0. The molecule has 0 atom stereocenters. The Kier molecular flexibility index (Phi) is 4.44.